The molecule has 1 aliphatic rings. The second kappa shape index (κ2) is 12.6. The van der Waals surface area contributed by atoms with E-state index in [0.717, 1.165) is 16.5 Å². The molecular formula is C27H32N6O5S. The standard InChI is InChI=1S/C27H32N6O5S/c1-38-18-7-5-6-17(13-18)30-27(37)32-21-10-11-33(23(34)15-39-2)24(21)26(36)31-22(25(28)35)12-16-14-29-20-9-4-3-8-19(16)20/h3-9,13-14,21-22,24,29H,10-12,15H2,1-2H3,(H2,28,35)(H,31,36)(H2,30,32,37)/t21-,22+,24-/m0/s1. The molecule has 39 heavy (non-hydrogen) atoms. The van der Waals surface area contributed by atoms with Gasteiger partial charge in [0.1, 0.15) is 17.8 Å². The topological polar surface area (TPSA) is 159 Å². The number of ether oxygens (including phenoxy) is 1. The maximum atomic E-state index is 13.6. The minimum absolute atomic E-state index is 0.172. The van der Waals surface area contributed by atoms with E-state index in [0.29, 0.717) is 17.9 Å². The third kappa shape index (κ3) is 6.63. The Morgan fingerprint density at radius 1 is 1.18 bits per heavy atom. The SMILES string of the molecule is COc1cccc(NC(=O)N[C@H]2CCN(C(=O)CSC)[C@@H]2C(=O)N[C@H](Cc2c[nH]c3ccccc23)C(N)=O)c1. The summed E-state index contributed by atoms with van der Waals surface area (Å²) in [6.07, 6.45) is 4.12. The minimum Gasteiger partial charge on any atom is -0.497 e. The highest BCUT2D eigenvalue weighted by molar-refractivity contribution is 7.99. The first-order valence-electron chi connectivity index (χ1n) is 12.5. The molecule has 12 heteroatoms. The molecule has 1 aliphatic heterocycles. The predicted molar refractivity (Wildman–Crippen MR) is 151 cm³/mol. The van der Waals surface area contributed by atoms with E-state index in [-0.39, 0.29) is 24.6 Å². The number of para-hydroxylation sites is 1. The van der Waals surface area contributed by atoms with E-state index >= 15 is 0 Å². The molecule has 1 aromatic heterocycles. The molecule has 4 rings (SSSR count). The molecule has 0 bridgehead atoms. The number of anilines is 1. The van der Waals surface area contributed by atoms with Crippen LogP contribution in [0.15, 0.2) is 54.7 Å². The second-order valence-corrected chi connectivity index (χ2v) is 10.1. The molecule has 0 radical (unpaired) electrons. The monoisotopic (exact) mass is 552 g/mol. The average molecular weight is 553 g/mol. The number of hydrogen-bond acceptors (Lipinski definition) is 6. The Bertz CT molecular complexity index is 1360. The number of likely N-dealkylation sites (tertiary alicyclic amines) is 1. The number of primary amides is 1. The summed E-state index contributed by atoms with van der Waals surface area (Å²) in [4.78, 5) is 56.2. The summed E-state index contributed by atoms with van der Waals surface area (Å²) in [5.41, 5.74) is 7.91. The van der Waals surface area contributed by atoms with E-state index in [4.69, 9.17) is 10.5 Å². The number of benzene rings is 2. The molecule has 0 unspecified atom stereocenters. The molecule has 0 spiro atoms. The molecule has 5 amide bonds. The molecule has 2 heterocycles. The predicted octanol–water partition coefficient (Wildman–Crippen LogP) is 1.84. The van der Waals surface area contributed by atoms with Crippen LogP contribution in [0.3, 0.4) is 0 Å². The van der Waals surface area contributed by atoms with Crippen LogP contribution < -0.4 is 26.4 Å². The van der Waals surface area contributed by atoms with Crippen LogP contribution in [0.1, 0.15) is 12.0 Å². The molecule has 3 aromatic rings. The first-order valence-corrected chi connectivity index (χ1v) is 13.8. The first-order chi connectivity index (χ1) is 18.8. The summed E-state index contributed by atoms with van der Waals surface area (Å²) in [7, 11) is 1.53. The number of nitrogens with two attached hydrogens (primary N) is 1. The van der Waals surface area contributed by atoms with Crippen molar-refractivity contribution < 1.29 is 23.9 Å². The van der Waals surface area contributed by atoms with Crippen molar-refractivity contribution in [3.05, 3.63) is 60.3 Å². The zero-order chi connectivity index (χ0) is 27.9. The lowest BCUT2D eigenvalue weighted by Gasteiger charge is -2.29. The van der Waals surface area contributed by atoms with Gasteiger partial charge >= 0.3 is 6.03 Å². The molecular weight excluding hydrogens is 520 g/mol. The van der Waals surface area contributed by atoms with E-state index in [1.165, 1.54) is 23.8 Å². The lowest BCUT2D eigenvalue weighted by Crippen LogP contribution is -2.58. The number of hydrogen-bond donors (Lipinski definition) is 5. The van der Waals surface area contributed by atoms with Gasteiger partial charge in [-0.1, -0.05) is 24.3 Å². The fourth-order valence-electron chi connectivity index (χ4n) is 4.79. The summed E-state index contributed by atoms with van der Waals surface area (Å²) in [5, 5.41) is 9.21. The summed E-state index contributed by atoms with van der Waals surface area (Å²) in [5.74, 6) is -0.729. The number of H-pyrrole nitrogens is 1. The van der Waals surface area contributed by atoms with Gasteiger partial charge in [-0.05, 0) is 36.4 Å². The summed E-state index contributed by atoms with van der Waals surface area (Å²) < 4.78 is 5.19. The molecule has 11 nitrogen and oxygen atoms in total. The molecule has 0 saturated carbocycles. The van der Waals surface area contributed by atoms with Gasteiger partial charge in [-0.15, -0.1) is 0 Å². The largest absolute Gasteiger partial charge is 0.497 e. The zero-order valence-corrected chi connectivity index (χ0v) is 22.5. The first kappa shape index (κ1) is 27.8. The smallest absolute Gasteiger partial charge is 0.319 e. The number of aromatic nitrogens is 1. The molecule has 3 atom stereocenters. The van der Waals surface area contributed by atoms with Gasteiger partial charge in [0.2, 0.25) is 17.7 Å². The van der Waals surface area contributed by atoms with Crippen molar-refractivity contribution in [1.82, 2.24) is 20.5 Å². The number of carbonyl (C=O) groups is 4. The Hall–Kier alpha value is -4.19. The molecule has 6 N–H and O–H groups in total. The Labute approximate surface area is 230 Å². The lowest BCUT2D eigenvalue weighted by molar-refractivity contribution is -0.138. The maximum Gasteiger partial charge on any atom is 0.319 e. The third-order valence-electron chi connectivity index (χ3n) is 6.66. The van der Waals surface area contributed by atoms with Crippen molar-refractivity contribution in [3.63, 3.8) is 0 Å². The number of nitrogens with one attached hydrogen (secondary N) is 4. The fourth-order valence-corrected chi connectivity index (χ4v) is 5.20. The molecule has 1 saturated heterocycles. The number of fused-ring (bicyclic) bond motifs is 1. The molecule has 206 valence electrons. The van der Waals surface area contributed by atoms with Gasteiger partial charge in [0, 0.05) is 41.8 Å². The number of rotatable bonds is 10. The van der Waals surface area contributed by atoms with Gasteiger partial charge in [0.15, 0.2) is 0 Å². The highest BCUT2D eigenvalue weighted by Crippen LogP contribution is 2.23. The molecule has 2 aromatic carbocycles. The van der Waals surface area contributed by atoms with Crippen LogP contribution in [-0.4, -0.2) is 77.4 Å². The third-order valence-corrected chi connectivity index (χ3v) is 7.19. The van der Waals surface area contributed by atoms with Crippen LogP contribution in [0, 0.1) is 0 Å². The number of methoxy groups -OCH3 is 1. The maximum absolute atomic E-state index is 13.6. The Morgan fingerprint density at radius 3 is 2.72 bits per heavy atom. The fraction of sp³-hybridized carbons (Fsp3) is 0.333. The zero-order valence-electron chi connectivity index (χ0n) is 21.7. The van der Waals surface area contributed by atoms with E-state index in [9.17, 15) is 19.2 Å². The highest BCUT2D eigenvalue weighted by atomic mass is 32.2. The van der Waals surface area contributed by atoms with Crippen molar-refractivity contribution in [2.45, 2.75) is 31.0 Å². The normalized spacial score (nSPS) is 17.4. The van der Waals surface area contributed by atoms with Crippen LogP contribution in [0.25, 0.3) is 10.9 Å². The van der Waals surface area contributed by atoms with Gasteiger partial charge in [-0.3, -0.25) is 14.4 Å². The van der Waals surface area contributed by atoms with Gasteiger partial charge in [-0.2, -0.15) is 11.8 Å². The van der Waals surface area contributed by atoms with Crippen molar-refractivity contribution in [1.29, 1.82) is 0 Å². The van der Waals surface area contributed by atoms with E-state index in [1.54, 1.807) is 36.7 Å². The van der Waals surface area contributed by atoms with Crippen molar-refractivity contribution in [2.24, 2.45) is 5.73 Å². The number of urea groups is 1. The van der Waals surface area contributed by atoms with Crippen molar-refractivity contribution in [2.75, 3.05) is 31.0 Å². The van der Waals surface area contributed by atoms with Gasteiger partial charge in [0.25, 0.3) is 0 Å². The number of carbonyl (C=O) groups excluding carboxylic acids is 4. The summed E-state index contributed by atoms with van der Waals surface area (Å²) in [6.45, 7) is 0.283. The van der Waals surface area contributed by atoms with Crippen LogP contribution >= 0.6 is 11.8 Å². The number of amides is 5. The number of aromatic amines is 1. The van der Waals surface area contributed by atoms with Crippen LogP contribution in [0.5, 0.6) is 5.75 Å². The van der Waals surface area contributed by atoms with Crippen LogP contribution in [-0.2, 0) is 20.8 Å². The quantitative estimate of drug-likeness (QED) is 0.258. The average Bonchev–Trinajstić information content (AvgIpc) is 3.52. The lowest BCUT2D eigenvalue weighted by atomic mass is 10.0. The van der Waals surface area contributed by atoms with Crippen LogP contribution in [0.2, 0.25) is 0 Å². The van der Waals surface area contributed by atoms with Gasteiger partial charge in [0.05, 0.1) is 18.9 Å². The highest BCUT2D eigenvalue weighted by Gasteiger charge is 2.43. The molecule has 0 aliphatic carbocycles. The van der Waals surface area contributed by atoms with Crippen molar-refractivity contribution >= 4 is 52.1 Å². The van der Waals surface area contributed by atoms with E-state index in [2.05, 4.69) is 20.9 Å². The Kier molecular flexibility index (Phi) is 8.97. The van der Waals surface area contributed by atoms with Crippen LogP contribution in [0.4, 0.5) is 10.5 Å². The molecule has 1 fully saturated rings. The van der Waals surface area contributed by atoms with E-state index < -0.39 is 36.0 Å². The Balaban J connectivity index is 1.50. The minimum atomic E-state index is -1.01. The summed E-state index contributed by atoms with van der Waals surface area (Å²) in [6, 6.07) is 11.2. The number of thioether (sulfide) groups is 1. The number of nitrogens with zero attached hydrogens (tertiary/aromatic N) is 1. The second-order valence-electron chi connectivity index (χ2n) is 9.22. The summed E-state index contributed by atoms with van der Waals surface area (Å²) >= 11 is 1.34. The van der Waals surface area contributed by atoms with Crippen molar-refractivity contribution in [3.8, 4) is 5.75 Å². The Morgan fingerprint density at radius 2 is 1.97 bits per heavy atom. The van der Waals surface area contributed by atoms with Gasteiger partial charge < -0.3 is 36.3 Å². The van der Waals surface area contributed by atoms with E-state index in [1.807, 2.05) is 24.3 Å². The van der Waals surface area contributed by atoms with Gasteiger partial charge in [-0.25, -0.2) is 4.79 Å².